The van der Waals surface area contributed by atoms with E-state index in [9.17, 15) is 9.60 Å². The van der Waals surface area contributed by atoms with Crippen LogP contribution in [0.5, 0.6) is 0 Å². The van der Waals surface area contributed by atoms with Crippen LogP contribution in [0.25, 0.3) is 98.2 Å². The second-order valence-corrected chi connectivity index (χ2v) is 11.9. The summed E-state index contributed by atoms with van der Waals surface area (Å²) in [4.78, 5) is 13.7. The van der Waals surface area contributed by atoms with Gasteiger partial charge in [-0.1, -0.05) is 115 Å². The van der Waals surface area contributed by atoms with E-state index in [2.05, 4.69) is 15.0 Å². The van der Waals surface area contributed by atoms with Crippen molar-refractivity contribution in [3.05, 3.63) is 163 Å². The molecule has 0 aliphatic carbocycles. The molecule has 0 spiro atoms. The molecule has 11 rings (SSSR count). The first-order valence-electron chi connectivity index (χ1n) is 28.3. The lowest BCUT2D eigenvalue weighted by Crippen LogP contribution is -2.06. The molecule has 0 atom stereocenters. The molecule has 0 fully saturated rings. The highest BCUT2D eigenvalue weighted by molar-refractivity contribution is 7.26. The fourth-order valence-electron chi connectivity index (χ4n) is 6.00. The third-order valence-electron chi connectivity index (χ3n) is 8.11. The number of fused-ring (bicyclic) bond motifs is 9. The highest BCUT2D eigenvalue weighted by Gasteiger charge is 2.20. The summed E-state index contributed by atoms with van der Waals surface area (Å²) in [7, 11) is 0. The van der Waals surface area contributed by atoms with Gasteiger partial charge in [0.05, 0.1) is 59.1 Å². The first-order chi connectivity index (χ1) is 36.5. The summed E-state index contributed by atoms with van der Waals surface area (Å²) >= 11 is 0.635. The molecule has 0 unspecified atom stereocenters. The van der Waals surface area contributed by atoms with Crippen LogP contribution in [0.3, 0.4) is 0 Å². The zero-order chi connectivity index (χ0) is 57.0. The van der Waals surface area contributed by atoms with Crippen molar-refractivity contribution in [3.8, 4) is 34.4 Å². The number of benzene rings is 7. The summed E-state index contributed by atoms with van der Waals surface area (Å²) in [6.45, 7) is 0. The minimum Gasteiger partial charge on any atom is -0.309 e. The van der Waals surface area contributed by atoms with Gasteiger partial charge >= 0.3 is 0 Å². The van der Waals surface area contributed by atoms with Crippen LogP contribution >= 0.6 is 11.3 Å². The Labute approximate surface area is 334 Å². The molecule has 11 aromatic rings. The fraction of sp³-hybridized carbons (Fsp3) is 0. The fourth-order valence-corrected chi connectivity index (χ4v) is 7.06. The van der Waals surface area contributed by atoms with Gasteiger partial charge in [-0.2, -0.15) is 9.97 Å². The number of nitrogens with zero attached hydrogens (tertiary/aromatic N) is 5. The van der Waals surface area contributed by atoms with E-state index in [1.165, 1.54) is 0 Å². The minimum atomic E-state index is -1.04. The summed E-state index contributed by atoms with van der Waals surface area (Å²) in [6, 6.07) is -22.3. The lowest BCUT2D eigenvalue weighted by molar-refractivity contribution is 0.954. The van der Waals surface area contributed by atoms with Gasteiger partial charge in [0, 0.05) is 58.5 Å². The van der Waals surface area contributed by atoms with Gasteiger partial charge in [0.1, 0.15) is 0 Å². The minimum absolute atomic E-state index is 0.141. The van der Waals surface area contributed by atoms with E-state index in [-0.39, 0.29) is 20.2 Å². The van der Waals surface area contributed by atoms with E-state index in [1.807, 2.05) is 0 Å². The quantitative estimate of drug-likeness (QED) is 0.184. The van der Waals surface area contributed by atoms with Crippen LogP contribution in [-0.4, -0.2) is 24.1 Å². The highest BCUT2D eigenvalue weighted by Crippen LogP contribution is 2.40. The van der Waals surface area contributed by atoms with Gasteiger partial charge < -0.3 is 4.57 Å². The average molecular weight is 697 g/mol. The molecule has 6 heteroatoms. The van der Waals surface area contributed by atoms with Crippen molar-refractivity contribution in [1.29, 1.82) is 0 Å². The maximum atomic E-state index is 9.93. The van der Waals surface area contributed by atoms with Crippen LogP contribution in [0.1, 0.15) is 37.0 Å². The van der Waals surface area contributed by atoms with Crippen LogP contribution in [0.15, 0.2) is 163 Å². The molecule has 7 aromatic carbocycles. The second kappa shape index (κ2) is 10.9. The molecule has 0 aliphatic heterocycles. The van der Waals surface area contributed by atoms with Crippen LogP contribution < -0.4 is 0 Å². The Kier molecular flexibility index (Phi) is 2.70. The van der Waals surface area contributed by atoms with Gasteiger partial charge in [0.15, 0.2) is 11.6 Å². The van der Waals surface area contributed by atoms with Crippen molar-refractivity contribution in [3.63, 3.8) is 0 Å². The van der Waals surface area contributed by atoms with E-state index in [0.29, 0.717) is 11.3 Å². The molecule has 4 aromatic heterocycles. The molecule has 238 valence electrons. The first-order valence-corrected chi connectivity index (χ1v) is 15.7. The maximum absolute atomic E-state index is 9.93. The van der Waals surface area contributed by atoms with Crippen molar-refractivity contribution in [2.24, 2.45) is 0 Å². The largest absolute Gasteiger partial charge is 0.309 e. The zero-order valence-corrected chi connectivity index (χ0v) is 26.0. The van der Waals surface area contributed by atoms with Crippen LogP contribution in [0, 0.1) is 0 Å². The second-order valence-electron chi connectivity index (χ2n) is 10.8. The number of hydrogen-bond donors (Lipinski definition) is 0. The van der Waals surface area contributed by atoms with Crippen LogP contribution in [0.4, 0.5) is 0 Å². The van der Waals surface area contributed by atoms with Crippen molar-refractivity contribution in [2.45, 2.75) is 0 Å². The molecular weight excluding hydrogens is 643 g/mol. The van der Waals surface area contributed by atoms with E-state index in [4.69, 9.17) is 27.4 Å². The van der Waals surface area contributed by atoms with E-state index in [0.717, 1.165) is 9.13 Å². The van der Waals surface area contributed by atoms with Crippen molar-refractivity contribution < 1.29 is 37.0 Å². The molecule has 0 saturated carbocycles. The Balaban J connectivity index is 1.39. The van der Waals surface area contributed by atoms with Crippen molar-refractivity contribution in [1.82, 2.24) is 24.1 Å². The van der Waals surface area contributed by atoms with Crippen LogP contribution in [0.2, 0.25) is 0 Å². The number of rotatable bonds is 4. The smallest absolute Gasteiger partial charge is 0.238 e. The SMILES string of the molecule is [2H]c1c([2H])c(-c2nc(-c3c([2H])c([2H])c([2H])c4c3sc3c([2H])c([2H])c([2H])c([2H])c34)nc(-n3c4c([2H])c([2H])c([2H])c([2H])c4c4c([2H])c([2H])c([2H])c([2H])c43)n2)c([2H])c(-n2c3c([2H])c([2H])c([2H])c([2H])c3c3c([2H])c([2H])c([2H])c([2H])c32)c1[2H]. The number of aromatic nitrogens is 5. The Morgan fingerprint density at radius 3 is 1.59 bits per heavy atom. The van der Waals surface area contributed by atoms with Gasteiger partial charge in [0.25, 0.3) is 0 Å². The predicted octanol–water partition coefficient (Wildman–Crippen LogP) is 11.8. The summed E-state index contributed by atoms with van der Waals surface area (Å²) in [5, 5.41) is -2.39. The molecule has 51 heavy (non-hydrogen) atoms. The Hall–Kier alpha value is -6.63. The number of para-hydroxylation sites is 4. The van der Waals surface area contributed by atoms with Crippen LogP contribution in [-0.2, 0) is 0 Å². The Bertz CT molecular complexity index is 4560. The van der Waals surface area contributed by atoms with Gasteiger partial charge in [-0.3, -0.25) is 4.57 Å². The average Bonchev–Trinajstić information content (AvgIpc) is 4.32. The van der Waals surface area contributed by atoms with Gasteiger partial charge in [-0.25, -0.2) is 4.98 Å². The van der Waals surface area contributed by atoms with Crippen molar-refractivity contribution >= 4 is 75.1 Å². The first kappa shape index (κ1) is 12.6. The van der Waals surface area contributed by atoms with Gasteiger partial charge in [0.2, 0.25) is 5.95 Å². The monoisotopic (exact) mass is 696 g/mol. The summed E-state index contributed by atoms with van der Waals surface area (Å²) in [5.74, 6) is -2.48. The topological polar surface area (TPSA) is 48.5 Å². The highest BCUT2D eigenvalue weighted by atomic mass is 32.1. The normalized spacial score (nSPS) is 19.3. The summed E-state index contributed by atoms with van der Waals surface area (Å²) in [6.07, 6.45) is 0. The van der Waals surface area contributed by atoms with E-state index in [1.54, 1.807) is 0 Å². The van der Waals surface area contributed by atoms with E-state index >= 15 is 0 Å². The third-order valence-corrected chi connectivity index (χ3v) is 9.23. The lowest BCUT2D eigenvalue weighted by atomic mass is 10.1. The summed E-state index contributed by atoms with van der Waals surface area (Å²) < 4.78 is 242. The lowest BCUT2D eigenvalue weighted by Gasteiger charge is -2.13. The Morgan fingerprint density at radius 1 is 0.431 bits per heavy atom. The maximum Gasteiger partial charge on any atom is 0.238 e. The standard InChI is InChI=1S/C45H27N5S/c1-6-22-37-30(15-1)31-16-2-7-23-38(31)49(37)29-14-11-13-28(27-29)43-46-44(36-21-12-20-35-34-19-5-10-26-41(34)51-42(35)36)48-45(47-43)50-39-24-8-3-17-32(39)33-18-4-9-25-40(33)50/h1-27H/i1D,2D,3D,4D,5D,6D,7D,8D,9D,10D,11D,12D,13D,14D,15D,16D,17D,18D,19D,20D,21D,22D,23D,24D,25D,26D,27D. The number of thiophene rings is 1. The third kappa shape index (κ3) is 4.24. The molecule has 0 aliphatic rings. The molecule has 4 heterocycles. The molecule has 0 saturated heterocycles. The van der Waals surface area contributed by atoms with E-state index < -0.39 is 241 Å². The molecule has 0 amide bonds. The zero-order valence-electron chi connectivity index (χ0n) is 52.1. The molecular formula is C45H27N5S. The summed E-state index contributed by atoms with van der Waals surface area (Å²) in [5.41, 5.74) is -4.48. The molecule has 5 nitrogen and oxygen atoms in total. The van der Waals surface area contributed by atoms with Gasteiger partial charge in [-0.15, -0.1) is 11.3 Å². The Morgan fingerprint density at radius 2 is 0.941 bits per heavy atom. The predicted molar refractivity (Wildman–Crippen MR) is 212 cm³/mol. The molecule has 0 N–H and O–H groups in total. The number of hydrogen-bond acceptors (Lipinski definition) is 4. The molecule has 0 bridgehead atoms. The van der Waals surface area contributed by atoms with Gasteiger partial charge in [-0.05, 0) is 48.3 Å². The van der Waals surface area contributed by atoms with Crippen molar-refractivity contribution in [2.75, 3.05) is 0 Å². The molecule has 0 radical (unpaired) electrons.